The van der Waals surface area contributed by atoms with Gasteiger partial charge in [0.2, 0.25) is 0 Å². The summed E-state index contributed by atoms with van der Waals surface area (Å²) in [7, 11) is 0. The van der Waals surface area contributed by atoms with Crippen molar-refractivity contribution in [3.63, 3.8) is 0 Å². The minimum Gasteiger partial charge on any atom is -0.459 e. The number of nitrogens with zero attached hydrogens (tertiary/aromatic N) is 1. The number of ether oxygens (including phenoxy) is 1. The Morgan fingerprint density at radius 3 is 3.33 bits per heavy atom. The molecule has 4 nitrogen and oxygen atoms in total. The third kappa shape index (κ3) is 1.03. The first-order valence-electron chi connectivity index (χ1n) is 3.43. The quantitative estimate of drug-likeness (QED) is 0.624. The number of carbonyl (C=O) groups excluding carboxylic acids is 1. The molecule has 1 aromatic rings. The predicted molar refractivity (Wildman–Crippen MR) is 42.6 cm³/mol. The summed E-state index contributed by atoms with van der Waals surface area (Å²) in [5.41, 5.74) is 1.17. The van der Waals surface area contributed by atoms with Crippen molar-refractivity contribution in [1.82, 2.24) is 4.98 Å². The molecular weight excluding hydrogens is 156 g/mol. The second-order valence-electron chi connectivity index (χ2n) is 2.31. The van der Waals surface area contributed by atoms with Crippen molar-refractivity contribution in [1.29, 1.82) is 0 Å². The molecule has 0 aliphatic carbocycles. The summed E-state index contributed by atoms with van der Waals surface area (Å²) < 4.78 is 5.11. The highest BCUT2D eigenvalue weighted by atomic mass is 16.5. The first-order valence-corrected chi connectivity index (χ1v) is 3.43. The third-order valence-electron chi connectivity index (χ3n) is 1.50. The fourth-order valence-corrected chi connectivity index (χ4v) is 0.946. The predicted octanol–water partition coefficient (Wildman–Crippen LogP) is 0.926. The van der Waals surface area contributed by atoms with E-state index in [0.29, 0.717) is 17.7 Å². The normalized spacial score (nSPS) is 13.5. The van der Waals surface area contributed by atoms with Gasteiger partial charge in [-0.15, -0.1) is 0 Å². The summed E-state index contributed by atoms with van der Waals surface area (Å²) in [6.45, 7) is 0. The van der Waals surface area contributed by atoms with Crippen LogP contribution in [0.1, 0.15) is 0 Å². The van der Waals surface area contributed by atoms with Gasteiger partial charge in [-0.25, -0.2) is 0 Å². The van der Waals surface area contributed by atoms with Crippen LogP contribution in [0.2, 0.25) is 0 Å². The van der Waals surface area contributed by atoms with E-state index in [9.17, 15) is 4.79 Å². The molecule has 0 fully saturated rings. The van der Waals surface area contributed by atoms with Crippen molar-refractivity contribution >= 4 is 12.0 Å². The van der Waals surface area contributed by atoms with Gasteiger partial charge in [-0.2, -0.15) is 0 Å². The van der Waals surface area contributed by atoms with Gasteiger partial charge >= 0.3 is 0 Å². The molecule has 1 aromatic heterocycles. The number of allylic oxidation sites excluding steroid dienone is 1. The molecule has 12 heavy (non-hydrogen) atoms. The summed E-state index contributed by atoms with van der Waals surface area (Å²) in [6, 6.07) is 1.74. The van der Waals surface area contributed by atoms with Crippen molar-refractivity contribution in [2.75, 3.05) is 5.32 Å². The second kappa shape index (κ2) is 2.65. The Bertz CT molecular complexity index is 347. The number of hydrogen-bond acceptors (Lipinski definition) is 4. The minimum absolute atomic E-state index is 0.411. The smallest absolute Gasteiger partial charge is 0.169 e. The Morgan fingerprint density at radius 2 is 2.50 bits per heavy atom. The highest BCUT2D eigenvalue weighted by Gasteiger charge is 2.09. The number of nitrogens with one attached hydrogen (secondary N) is 1. The largest absolute Gasteiger partial charge is 0.459 e. The van der Waals surface area contributed by atoms with E-state index < -0.39 is 0 Å². The van der Waals surface area contributed by atoms with Gasteiger partial charge in [0.15, 0.2) is 12.0 Å². The van der Waals surface area contributed by atoms with E-state index in [1.807, 2.05) is 0 Å². The van der Waals surface area contributed by atoms with Crippen LogP contribution >= 0.6 is 0 Å². The van der Waals surface area contributed by atoms with Crippen LogP contribution < -0.4 is 10.1 Å². The molecule has 0 atom stereocenters. The molecule has 1 aliphatic rings. The maximum Gasteiger partial charge on any atom is 0.169 e. The van der Waals surface area contributed by atoms with E-state index in [1.165, 1.54) is 6.26 Å². The fraction of sp³-hybridized carbons (Fsp3) is 0. The van der Waals surface area contributed by atoms with Crippen LogP contribution in [0.4, 0.5) is 5.69 Å². The van der Waals surface area contributed by atoms with E-state index >= 15 is 0 Å². The zero-order valence-corrected chi connectivity index (χ0v) is 6.15. The topological polar surface area (TPSA) is 51.2 Å². The number of aldehydes is 1. The van der Waals surface area contributed by atoms with Crippen molar-refractivity contribution < 1.29 is 9.53 Å². The Kier molecular flexibility index (Phi) is 1.51. The number of rotatable bonds is 1. The van der Waals surface area contributed by atoms with Crippen LogP contribution in [0, 0.1) is 0 Å². The molecule has 0 saturated heterocycles. The lowest BCUT2D eigenvalue weighted by Crippen LogP contribution is -2.08. The number of carbonyl (C=O) groups is 1. The standard InChI is InChI=1S/C8H6N2O2/c11-4-6-5-12-8-3-9-2-1-7(8)10-6/h1-5,10H. The molecule has 0 saturated carbocycles. The average Bonchev–Trinajstić information content (AvgIpc) is 2.17. The molecule has 0 bridgehead atoms. The van der Waals surface area contributed by atoms with Crippen molar-refractivity contribution in [2.45, 2.75) is 0 Å². The Morgan fingerprint density at radius 1 is 1.58 bits per heavy atom. The second-order valence-corrected chi connectivity index (χ2v) is 2.31. The maximum absolute atomic E-state index is 10.3. The number of pyridine rings is 1. The van der Waals surface area contributed by atoms with Gasteiger partial charge in [0.1, 0.15) is 12.0 Å². The summed E-state index contributed by atoms with van der Waals surface area (Å²) in [5.74, 6) is 0.628. The van der Waals surface area contributed by atoms with Gasteiger partial charge in [-0.05, 0) is 6.07 Å². The SMILES string of the molecule is O=CC1=COc2cnccc2N1. The number of hydrogen-bond donors (Lipinski definition) is 1. The van der Waals surface area contributed by atoms with Gasteiger partial charge in [0, 0.05) is 6.20 Å². The van der Waals surface area contributed by atoms with Crippen molar-refractivity contribution in [3.05, 3.63) is 30.4 Å². The van der Waals surface area contributed by atoms with Crippen LogP contribution in [0.3, 0.4) is 0 Å². The number of anilines is 1. The lowest BCUT2D eigenvalue weighted by Gasteiger charge is -2.14. The molecule has 2 rings (SSSR count). The minimum atomic E-state index is 0.411. The molecule has 0 spiro atoms. The first kappa shape index (κ1) is 6.84. The molecule has 0 radical (unpaired) electrons. The maximum atomic E-state index is 10.3. The molecule has 0 amide bonds. The Labute approximate surface area is 68.9 Å². The van der Waals surface area contributed by atoms with Gasteiger partial charge < -0.3 is 10.1 Å². The third-order valence-corrected chi connectivity index (χ3v) is 1.50. The van der Waals surface area contributed by atoms with Crippen LogP contribution in [-0.4, -0.2) is 11.3 Å². The summed E-state index contributed by atoms with van der Waals surface area (Å²) >= 11 is 0. The van der Waals surface area contributed by atoms with Crippen LogP contribution in [0.15, 0.2) is 30.4 Å². The highest BCUT2D eigenvalue weighted by molar-refractivity contribution is 5.81. The number of fused-ring (bicyclic) bond motifs is 1. The molecule has 60 valence electrons. The molecule has 0 unspecified atom stereocenters. The van der Waals surface area contributed by atoms with E-state index in [-0.39, 0.29) is 0 Å². The average molecular weight is 162 g/mol. The molecule has 0 aromatic carbocycles. The Balaban J connectivity index is 2.36. The lowest BCUT2D eigenvalue weighted by molar-refractivity contribution is -0.104. The molecular formula is C8H6N2O2. The summed E-state index contributed by atoms with van der Waals surface area (Å²) in [6.07, 6.45) is 5.27. The Hall–Kier alpha value is -1.84. The fourth-order valence-electron chi connectivity index (χ4n) is 0.946. The van der Waals surface area contributed by atoms with E-state index in [0.717, 1.165) is 5.69 Å². The van der Waals surface area contributed by atoms with Crippen LogP contribution in [-0.2, 0) is 4.79 Å². The van der Waals surface area contributed by atoms with Crippen molar-refractivity contribution in [2.24, 2.45) is 0 Å². The van der Waals surface area contributed by atoms with Gasteiger partial charge in [-0.1, -0.05) is 0 Å². The number of aromatic nitrogens is 1. The highest BCUT2D eigenvalue weighted by Crippen LogP contribution is 2.26. The lowest BCUT2D eigenvalue weighted by atomic mass is 10.3. The zero-order chi connectivity index (χ0) is 8.39. The van der Waals surface area contributed by atoms with E-state index in [1.54, 1.807) is 18.5 Å². The van der Waals surface area contributed by atoms with E-state index in [4.69, 9.17) is 4.74 Å². The van der Waals surface area contributed by atoms with Gasteiger partial charge in [0.25, 0.3) is 0 Å². The van der Waals surface area contributed by atoms with Crippen LogP contribution in [0.5, 0.6) is 5.75 Å². The molecule has 4 heteroatoms. The van der Waals surface area contributed by atoms with Gasteiger partial charge in [0.05, 0.1) is 11.9 Å². The molecule has 1 N–H and O–H groups in total. The van der Waals surface area contributed by atoms with Crippen molar-refractivity contribution in [3.8, 4) is 5.75 Å². The van der Waals surface area contributed by atoms with Gasteiger partial charge in [-0.3, -0.25) is 9.78 Å². The van der Waals surface area contributed by atoms with E-state index in [2.05, 4.69) is 10.3 Å². The monoisotopic (exact) mass is 162 g/mol. The van der Waals surface area contributed by atoms with Crippen LogP contribution in [0.25, 0.3) is 0 Å². The first-order chi connectivity index (χ1) is 5.90. The summed E-state index contributed by atoms with van der Waals surface area (Å²) in [4.78, 5) is 14.2. The summed E-state index contributed by atoms with van der Waals surface area (Å²) in [5, 5.41) is 2.87. The zero-order valence-electron chi connectivity index (χ0n) is 6.15. The molecule has 2 heterocycles. The molecule has 1 aliphatic heterocycles.